The Balaban J connectivity index is 1.82. The highest BCUT2D eigenvalue weighted by molar-refractivity contribution is 6.30. The monoisotopic (exact) mass is 394 g/mol. The van der Waals surface area contributed by atoms with Gasteiger partial charge in [-0.1, -0.05) is 17.7 Å². The summed E-state index contributed by atoms with van der Waals surface area (Å²) >= 11 is 6.13. The third-order valence-corrected chi connectivity index (χ3v) is 4.80. The molecular formula is C20H31ClN4O2. The number of hydrogen-bond acceptors (Lipinski definition) is 4. The van der Waals surface area contributed by atoms with Crippen molar-refractivity contribution in [3.63, 3.8) is 0 Å². The van der Waals surface area contributed by atoms with Crippen molar-refractivity contribution in [1.82, 2.24) is 15.1 Å². The number of amides is 2. The predicted molar refractivity (Wildman–Crippen MR) is 110 cm³/mol. The highest BCUT2D eigenvalue weighted by Gasteiger charge is 2.23. The number of carbonyl (C=O) groups is 2. The number of anilines is 1. The Kier molecular flexibility index (Phi) is 7.12. The van der Waals surface area contributed by atoms with Crippen LogP contribution in [0.2, 0.25) is 5.02 Å². The smallest absolute Gasteiger partial charge is 0.240 e. The van der Waals surface area contributed by atoms with Gasteiger partial charge in [-0.3, -0.25) is 14.5 Å². The van der Waals surface area contributed by atoms with Crippen LogP contribution in [0, 0.1) is 6.92 Å². The zero-order valence-electron chi connectivity index (χ0n) is 17.0. The Morgan fingerprint density at radius 2 is 1.81 bits per heavy atom. The third kappa shape index (κ3) is 6.70. The topological polar surface area (TPSA) is 55.9 Å². The summed E-state index contributed by atoms with van der Waals surface area (Å²) in [5.74, 6) is -0.175. The molecule has 0 radical (unpaired) electrons. The van der Waals surface area contributed by atoms with E-state index in [4.69, 9.17) is 11.6 Å². The average Bonchev–Trinajstić information content (AvgIpc) is 2.56. The van der Waals surface area contributed by atoms with E-state index in [-0.39, 0.29) is 23.9 Å². The van der Waals surface area contributed by atoms with Gasteiger partial charge in [0.05, 0.1) is 13.1 Å². The van der Waals surface area contributed by atoms with Gasteiger partial charge >= 0.3 is 0 Å². The molecule has 0 atom stereocenters. The molecule has 1 N–H and O–H groups in total. The first-order valence-electron chi connectivity index (χ1n) is 9.33. The average molecular weight is 395 g/mol. The number of rotatable bonds is 5. The SMILES string of the molecule is Cc1ccc(Cl)cc1N1CCN(CC(=O)N(C)CC(=O)NC(C)(C)C)CC1. The minimum atomic E-state index is -0.296. The molecule has 27 heavy (non-hydrogen) atoms. The van der Waals surface area contributed by atoms with Crippen molar-refractivity contribution < 1.29 is 9.59 Å². The van der Waals surface area contributed by atoms with Crippen LogP contribution in [0.15, 0.2) is 18.2 Å². The van der Waals surface area contributed by atoms with Gasteiger partial charge in [0.15, 0.2) is 0 Å². The second-order valence-corrected chi connectivity index (χ2v) is 8.68. The maximum Gasteiger partial charge on any atom is 0.240 e. The van der Waals surface area contributed by atoms with Gasteiger partial charge in [0.2, 0.25) is 11.8 Å². The van der Waals surface area contributed by atoms with E-state index < -0.39 is 0 Å². The molecule has 2 rings (SSSR count). The Bertz CT molecular complexity index is 679. The molecule has 1 fully saturated rings. The number of halogens is 1. The van der Waals surface area contributed by atoms with Gasteiger partial charge < -0.3 is 15.1 Å². The lowest BCUT2D eigenvalue weighted by Gasteiger charge is -2.37. The zero-order chi connectivity index (χ0) is 20.2. The summed E-state index contributed by atoms with van der Waals surface area (Å²) < 4.78 is 0. The van der Waals surface area contributed by atoms with Crippen LogP contribution in [0.25, 0.3) is 0 Å². The standard InChI is InChI=1S/C20H31ClN4O2/c1-15-6-7-16(21)12-17(15)25-10-8-24(9-11-25)14-19(27)23(5)13-18(26)22-20(2,3)4/h6-7,12H,8-11,13-14H2,1-5H3,(H,22,26). The van der Waals surface area contributed by atoms with Crippen LogP contribution in [0.5, 0.6) is 0 Å². The number of nitrogens with one attached hydrogen (secondary N) is 1. The van der Waals surface area contributed by atoms with E-state index in [1.54, 1.807) is 7.05 Å². The third-order valence-electron chi connectivity index (χ3n) is 4.56. The van der Waals surface area contributed by atoms with Gasteiger partial charge in [0, 0.05) is 49.5 Å². The molecular weight excluding hydrogens is 364 g/mol. The van der Waals surface area contributed by atoms with Crippen LogP contribution >= 0.6 is 11.6 Å². The highest BCUT2D eigenvalue weighted by atomic mass is 35.5. The molecule has 0 saturated carbocycles. The lowest BCUT2D eigenvalue weighted by Crippen LogP contribution is -2.51. The molecule has 6 nitrogen and oxygen atoms in total. The van der Waals surface area contributed by atoms with Crippen molar-refractivity contribution in [3.8, 4) is 0 Å². The molecule has 1 aromatic rings. The number of hydrogen-bond donors (Lipinski definition) is 1. The van der Waals surface area contributed by atoms with Gasteiger partial charge in [-0.15, -0.1) is 0 Å². The fourth-order valence-electron chi connectivity index (χ4n) is 3.14. The maximum absolute atomic E-state index is 12.4. The summed E-state index contributed by atoms with van der Waals surface area (Å²) in [6, 6.07) is 5.94. The van der Waals surface area contributed by atoms with Gasteiger partial charge in [-0.2, -0.15) is 0 Å². The Morgan fingerprint density at radius 3 is 2.41 bits per heavy atom. The van der Waals surface area contributed by atoms with Crippen LogP contribution in [-0.4, -0.2) is 73.5 Å². The first-order chi connectivity index (χ1) is 12.5. The van der Waals surface area contributed by atoms with Gasteiger partial charge in [-0.25, -0.2) is 0 Å². The van der Waals surface area contributed by atoms with Gasteiger partial charge in [0.25, 0.3) is 0 Å². The number of benzene rings is 1. The van der Waals surface area contributed by atoms with E-state index in [0.717, 1.165) is 36.9 Å². The number of nitrogens with zero attached hydrogens (tertiary/aromatic N) is 3. The summed E-state index contributed by atoms with van der Waals surface area (Å²) in [5, 5.41) is 3.62. The van der Waals surface area contributed by atoms with Gasteiger partial charge in [-0.05, 0) is 45.4 Å². The number of aryl methyl sites for hydroxylation is 1. The van der Waals surface area contributed by atoms with Crippen molar-refractivity contribution in [1.29, 1.82) is 0 Å². The van der Waals surface area contributed by atoms with Crippen LogP contribution in [0.4, 0.5) is 5.69 Å². The minimum absolute atomic E-state index is 0.0357. The van der Waals surface area contributed by atoms with E-state index in [0.29, 0.717) is 6.54 Å². The number of likely N-dealkylation sites (N-methyl/N-ethyl adjacent to an activating group) is 1. The molecule has 2 amide bonds. The minimum Gasteiger partial charge on any atom is -0.369 e. The van der Waals surface area contributed by atoms with E-state index in [1.165, 1.54) is 10.5 Å². The van der Waals surface area contributed by atoms with E-state index in [2.05, 4.69) is 22.0 Å². The van der Waals surface area contributed by atoms with Crippen molar-refractivity contribution in [2.75, 3.05) is 51.2 Å². The number of piperazine rings is 1. The Morgan fingerprint density at radius 1 is 1.19 bits per heavy atom. The molecule has 1 heterocycles. The van der Waals surface area contributed by atoms with E-state index >= 15 is 0 Å². The summed E-state index contributed by atoms with van der Waals surface area (Å²) in [7, 11) is 1.68. The Labute approximate surface area is 167 Å². The first-order valence-corrected chi connectivity index (χ1v) is 9.71. The fourth-order valence-corrected chi connectivity index (χ4v) is 3.31. The lowest BCUT2D eigenvalue weighted by atomic mass is 10.1. The summed E-state index contributed by atoms with van der Waals surface area (Å²) in [6.45, 7) is 11.6. The second-order valence-electron chi connectivity index (χ2n) is 8.24. The van der Waals surface area contributed by atoms with Crippen LogP contribution in [0.1, 0.15) is 26.3 Å². The molecule has 7 heteroatoms. The van der Waals surface area contributed by atoms with Crippen LogP contribution in [0.3, 0.4) is 0 Å². The molecule has 0 bridgehead atoms. The van der Waals surface area contributed by atoms with Crippen molar-refractivity contribution >= 4 is 29.1 Å². The largest absolute Gasteiger partial charge is 0.369 e. The summed E-state index contributed by atoms with van der Waals surface area (Å²) in [5.41, 5.74) is 2.06. The van der Waals surface area contributed by atoms with Gasteiger partial charge in [0.1, 0.15) is 0 Å². The molecule has 0 aliphatic carbocycles. The van der Waals surface area contributed by atoms with Crippen LogP contribution in [-0.2, 0) is 9.59 Å². The lowest BCUT2D eigenvalue weighted by molar-refractivity contribution is -0.136. The predicted octanol–water partition coefficient (Wildman–Crippen LogP) is 2.14. The zero-order valence-corrected chi connectivity index (χ0v) is 17.8. The van der Waals surface area contributed by atoms with E-state index in [9.17, 15) is 9.59 Å². The normalized spacial score (nSPS) is 15.6. The van der Waals surface area contributed by atoms with Crippen molar-refractivity contribution in [3.05, 3.63) is 28.8 Å². The molecule has 1 saturated heterocycles. The van der Waals surface area contributed by atoms with Crippen molar-refractivity contribution in [2.24, 2.45) is 0 Å². The highest BCUT2D eigenvalue weighted by Crippen LogP contribution is 2.25. The molecule has 1 aromatic carbocycles. The second kappa shape index (κ2) is 8.93. The molecule has 150 valence electrons. The summed E-state index contributed by atoms with van der Waals surface area (Å²) in [6.07, 6.45) is 0. The molecule has 1 aliphatic rings. The van der Waals surface area contributed by atoms with E-state index in [1.807, 2.05) is 39.0 Å². The Hall–Kier alpha value is -1.79. The quantitative estimate of drug-likeness (QED) is 0.831. The maximum atomic E-state index is 12.4. The van der Waals surface area contributed by atoms with Crippen LogP contribution < -0.4 is 10.2 Å². The van der Waals surface area contributed by atoms with Crippen molar-refractivity contribution in [2.45, 2.75) is 33.2 Å². The summed E-state index contributed by atoms with van der Waals surface area (Å²) in [4.78, 5) is 30.4. The first kappa shape index (κ1) is 21.5. The molecule has 1 aliphatic heterocycles. The molecule has 0 aromatic heterocycles. The fraction of sp³-hybridized carbons (Fsp3) is 0.600. The number of carbonyl (C=O) groups excluding carboxylic acids is 2. The molecule has 0 unspecified atom stereocenters. The molecule has 0 spiro atoms.